The van der Waals surface area contributed by atoms with Crippen LogP contribution in [0, 0.1) is 0 Å². The SMILES string of the molecule is [2H]C([2H])(c1cnn(C)c1)N1C(=O)c2cc(S(=O)(=O)NC3(C)CC3)ccc2N2C1=NCC2COc1ccccn1. The standard InChI is InChI=1S/C25H27N7O4S/c1-25(8-9-25)29-37(34,35)19-6-7-21-20(11-19)23(33)31(15-17-12-28-30(2)14-17)24-27-13-18(32(21)24)16-36-22-5-3-4-10-26-22/h3-7,10-12,14,18,29H,8-9,13,15-16H2,1-2H3/i15D2. The van der Waals surface area contributed by atoms with Crippen LogP contribution in [-0.4, -0.2) is 64.7 Å². The lowest BCUT2D eigenvalue weighted by Gasteiger charge is -2.38. The van der Waals surface area contributed by atoms with E-state index in [4.69, 9.17) is 7.48 Å². The average Bonchev–Trinajstić information content (AvgIpc) is 3.25. The van der Waals surface area contributed by atoms with E-state index in [0.29, 0.717) is 11.6 Å². The predicted molar refractivity (Wildman–Crippen MR) is 136 cm³/mol. The van der Waals surface area contributed by atoms with Crippen LogP contribution in [-0.2, 0) is 23.6 Å². The van der Waals surface area contributed by atoms with E-state index in [-0.39, 0.29) is 35.1 Å². The summed E-state index contributed by atoms with van der Waals surface area (Å²) in [4.78, 5) is 25.3. The minimum Gasteiger partial charge on any atom is -0.475 e. The Labute approximate surface area is 217 Å². The van der Waals surface area contributed by atoms with Gasteiger partial charge in [0.05, 0.1) is 44.2 Å². The molecule has 192 valence electrons. The summed E-state index contributed by atoms with van der Waals surface area (Å²) in [5.74, 6) is -0.159. The summed E-state index contributed by atoms with van der Waals surface area (Å²) in [6.07, 6.45) is 5.93. The number of hydrogen-bond acceptors (Lipinski definition) is 8. The van der Waals surface area contributed by atoms with Gasteiger partial charge in [-0.3, -0.25) is 14.4 Å². The summed E-state index contributed by atoms with van der Waals surface area (Å²) in [6, 6.07) is 9.24. The van der Waals surface area contributed by atoms with Crippen LogP contribution < -0.4 is 14.4 Å². The van der Waals surface area contributed by atoms with Crippen molar-refractivity contribution in [3.63, 3.8) is 0 Å². The number of sulfonamides is 1. The molecule has 1 aliphatic carbocycles. The molecule has 11 nitrogen and oxygen atoms in total. The predicted octanol–water partition coefficient (Wildman–Crippen LogP) is 1.93. The molecule has 37 heavy (non-hydrogen) atoms. The van der Waals surface area contributed by atoms with Gasteiger partial charge in [0.15, 0.2) is 0 Å². The van der Waals surface area contributed by atoms with E-state index in [9.17, 15) is 13.2 Å². The summed E-state index contributed by atoms with van der Waals surface area (Å²) in [5, 5.41) is 4.07. The molecule has 0 radical (unpaired) electrons. The molecular weight excluding hydrogens is 494 g/mol. The zero-order valence-corrected chi connectivity index (χ0v) is 21.1. The maximum atomic E-state index is 13.9. The molecule has 12 heteroatoms. The number of rotatable bonds is 8. The molecule has 1 fully saturated rings. The quantitative estimate of drug-likeness (QED) is 0.479. The fourth-order valence-electron chi connectivity index (χ4n) is 4.39. The topological polar surface area (TPSA) is 122 Å². The van der Waals surface area contributed by atoms with Crippen molar-refractivity contribution < 1.29 is 20.7 Å². The fourth-order valence-corrected chi connectivity index (χ4v) is 5.88. The first-order valence-corrected chi connectivity index (χ1v) is 13.4. The van der Waals surface area contributed by atoms with Gasteiger partial charge in [-0.2, -0.15) is 5.10 Å². The molecule has 0 spiro atoms. The Bertz CT molecular complexity index is 1590. The van der Waals surface area contributed by atoms with Crippen LogP contribution in [0.5, 0.6) is 5.88 Å². The number of ether oxygens (including phenoxy) is 1. The number of pyridine rings is 1. The summed E-state index contributed by atoms with van der Waals surface area (Å²) in [6.45, 7) is -0.112. The third-order valence-electron chi connectivity index (χ3n) is 6.58. The molecule has 2 aromatic heterocycles. The van der Waals surface area contributed by atoms with E-state index in [0.717, 1.165) is 17.7 Å². The molecule has 1 atom stereocenters. The number of carbonyl (C=O) groups is 1. The number of benzene rings is 1. The smallest absolute Gasteiger partial charge is 0.263 e. The number of nitrogens with zero attached hydrogens (tertiary/aromatic N) is 6. The largest absolute Gasteiger partial charge is 0.475 e. The molecule has 0 bridgehead atoms. The molecule has 4 heterocycles. The van der Waals surface area contributed by atoms with Crippen LogP contribution in [0.2, 0.25) is 0 Å². The van der Waals surface area contributed by atoms with Crippen LogP contribution in [0.25, 0.3) is 0 Å². The van der Waals surface area contributed by atoms with Crippen LogP contribution in [0.3, 0.4) is 0 Å². The van der Waals surface area contributed by atoms with Crippen molar-refractivity contribution in [2.24, 2.45) is 12.0 Å². The lowest BCUT2D eigenvalue weighted by Crippen LogP contribution is -2.53. The van der Waals surface area contributed by atoms with E-state index in [1.54, 1.807) is 42.4 Å². The van der Waals surface area contributed by atoms with Gasteiger partial charge >= 0.3 is 0 Å². The molecule has 1 saturated carbocycles. The number of aliphatic imine (C=N–C) groups is 1. The summed E-state index contributed by atoms with van der Waals surface area (Å²) < 4.78 is 54.2. The molecule has 3 aliphatic rings. The molecule has 1 unspecified atom stereocenters. The van der Waals surface area contributed by atoms with Crippen molar-refractivity contribution in [1.82, 2.24) is 24.4 Å². The number of fused-ring (bicyclic) bond motifs is 3. The van der Waals surface area contributed by atoms with Gasteiger partial charge in [-0.15, -0.1) is 0 Å². The third-order valence-corrected chi connectivity index (χ3v) is 8.22. The lowest BCUT2D eigenvalue weighted by atomic mass is 10.1. The van der Waals surface area contributed by atoms with Gasteiger partial charge in [0.1, 0.15) is 6.61 Å². The Morgan fingerprint density at radius 1 is 1.27 bits per heavy atom. The second-order valence-electron chi connectivity index (χ2n) is 9.64. The average molecular weight is 524 g/mol. The lowest BCUT2D eigenvalue weighted by molar-refractivity contribution is 0.0832. The molecule has 1 N–H and O–H groups in total. The van der Waals surface area contributed by atoms with E-state index in [1.165, 1.54) is 29.2 Å². The highest BCUT2D eigenvalue weighted by molar-refractivity contribution is 7.89. The fraction of sp³-hybridized carbons (Fsp3) is 0.360. The van der Waals surface area contributed by atoms with Crippen molar-refractivity contribution in [2.75, 3.05) is 18.1 Å². The molecule has 6 rings (SSSR count). The number of hydrogen-bond donors (Lipinski definition) is 1. The van der Waals surface area contributed by atoms with E-state index < -0.39 is 34.0 Å². The first-order valence-electron chi connectivity index (χ1n) is 12.9. The Morgan fingerprint density at radius 3 is 2.81 bits per heavy atom. The number of aromatic nitrogens is 3. The minimum atomic E-state index is -3.91. The second-order valence-corrected chi connectivity index (χ2v) is 11.3. The zero-order valence-electron chi connectivity index (χ0n) is 22.3. The minimum absolute atomic E-state index is 0.0512. The highest BCUT2D eigenvalue weighted by atomic mass is 32.2. The van der Waals surface area contributed by atoms with Crippen LogP contribution in [0.4, 0.5) is 5.69 Å². The third kappa shape index (κ3) is 4.46. The van der Waals surface area contributed by atoms with Crippen LogP contribution in [0.1, 0.15) is 38.4 Å². The van der Waals surface area contributed by atoms with Crippen LogP contribution >= 0.6 is 0 Å². The maximum absolute atomic E-state index is 13.9. The zero-order chi connectivity index (χ0) is 27.6. The Hall–Kier alpha value is -3.77. The van der Waals surface area contributed by atoms with Gasteiger partial charge in [-0.05, 0) is 44.0 Å². The Morgan fingerprint density at radius 2 is 2.11 bits per heavy atom. The molecule has 0 saturated heterocycles. The molecule has 2 aliphatic heterocycles. The first-order chi connectivity index (χ1) is 18.5. The number of nitrogens with one attached hydrogen (secondary N) is 1. The Kier molecular flexibility index (Phi) is 4.99. The van der Waals surface area contributed by atoms with Gasteiger partial charge in [0.2, 0.25) is 21.9 Å². The highest BCUT2D eigenvalue weighted by Gasteiger charge is 2.44. The molecule has 1 amide bonds. The number of amides is 1. The number of aryl methyl sites for hydroxylation is 1. The summed E-state index contributed by atoms with van der Waals surface area (Å²) in [7, 11) is -2.25. The number of anilines is 1. The van der Waals surface area contributed by atoms with Crippen molar-refractivity contribution >= 4 is 27.6 Å². The van der Waals surface area contributed by atoms with E-state index >= 15 is 0 Å². The number of guanidine groups is 1. The van der Waals surface area contributed by atoms with E-state index in [2.05, 4.69) is 19.8 Å². The number of carbonyl (C=O) groups excluding carboxylic acids is 1. The van der Waals surface area contributed by atoms with Crippen molar-refractivity contribution in [3.8, 4) is 5.88 Å². The van der Waals surface area contributed by atoms with E-state index in [1.807, 2.05) is 6.92 Å². The molecule has 1 aromatic carbocycles. The summed E-state index contributed by atoms with van der Waals surface area (Å²) in [5.41, 5.74) is 0.145. The highest BCUT2D eigenvalue weighted by Crippen LogP contribution is 2.38. The molecular formula is C25H27N7O4S. The normalized spacial score (nSPS) is 21.1. The van der Waals surface area contributed by atoms with Gasteiger partial charge in [0.25, 0.3) is 5.91 Å². The van der Waals surface area contributed by atoms with Gasteiger partial charge in [0, 0.05) is 36.6 Å². The molecule has 3 aromatic rings. The van der Waals surface area contributed by atoms with Crippen molar-refractivity contribution in [2.45, 2.75) is 42.7 Å². The van der Waals surface area contributed by atoms with Gasteiger partial charge in [-0.25, -0.2) is 23.1 Å². The first kappa shape index (κ1) is 21.3. The second kappa shape index (κ2) is 8.67. The van der Waals surface area contributed by atoms with Crippen LogP contribution in [0.15, 0.2) is 64.9 Å². The monoisotopic (exact) mass is 523 g/mol. The van der Waals surface area contributed by atoms with Gasteiger partial charge < -0.3 is 9.64 Å². The Balaban J connectivity index is 1.42. The van der Waals surface area contributed by atoms with Gasteiger partial charge in [-0.1, -0.05) is 6.07 Å². The summed E-state index contributed by atoms with van der Waals surface area (Å²) >= 11 is 0. The maximum Gasteiger partial charge on any atom is 0.263 e. The van der Waals surface area contributed by atoms with Crippen molar-refractivity contribution in [1.29, 1.82) is 0 Å². The van der Waals surface area contributed by atoms with Crippen molar-refractivity contribution in [3.05, 3.63) is 66.1 Å².